The average molecular weight is 318 g/mol. The third-order valence-corrected chi connectivity index (χ3v) is 4.69. The molecule has 0 radical (unpaired) electrons. The van der Waals surface area contributed by atoms with Crippen molar-refractivity contribution >= 4 is 27.4 Å². The fraction of sp³-hybridized carbons (Fsp3) is 0.0556. The maximum Gasteiger partial charge on any atom is 0.138 e. The number of nitrogens with zero attached hydrogens (tertiary/aromatic N) is 3. The summed E-state index contributed by atoms with van der Waals surface area (Å²) >= 11 is 1.69. The summed E-state index contributed by atoms with van der Waals surface area (Å²) in [7, 11) is 0. The minimum absolute atomic E-state index is 0.713. The molecule has 0 saturated carbocycles. The van der Waals surface area contributed by atoms with Crippen molar-refractivity contribution < 1.29 is 0 Å². The van der Waals surface area contributed by atoms with Crippen LogP contribution in [0.15, 0.2) is 67.3 Å². The van der Waals surface area contributed by atoms with Gasteiger partial charge in [0.15, 0.2) is 0 Å². The first-order valence-electron chi connectivity index (χ1n) is 7.33. The van der Waals surface area contributed by atoms with Gasteiger partial charge in [0.25, 0.3) is 0 Å². The van der Waals surface area contributed by atoms with Crippen molar-refractivity contribution in [2.45, 2.75) is 6.54 Å². The van der Waals surface area contributed by atoms with Gasteiger partial charge in [-0.3, -0.25) is 4.98 Å². The predicted octanol–water partition coefficient (Wildman–Crippen LogP) is 4.37. The van der Waals surface area contributed by atoms with Gasteiger partial charge in [0.1, 0.15) is 17.0 Å². The summed E-state index contributed by atoms with van der Waals surface area (Å²) in [6.45, 7) is 0.713. The molecule has 4 rings (SSSR count). The van der Waals surface area contributed by atoms with Gasteiger partial charge in [-0.05, 0) is 29.3 Å². The Hall–Kier alpha value is -2.79. The summed E-state index contributed by atoms with van der Waals surface area (Å²) in [5.41, 5.74) is 2.38. The molecular formula is C18H14N4S. The number of aromatic nitrogens is 3. The van der Waals surface area contributed by atoms with E-state index in [9.17, 15) is 0 Å². The zero-order valence-corrected chi connectivity index (χ0v) is 13.1. The van der Waals surface area contributed by atoms with Crippen LogP contribution in [0, 0.1) is 0 Å². The monoisotopic (exact) mass is 318 g/mol. The first kappa shape index (κ1) is 13.8. The summed E-state index contributed by atoms with van der Waals surface area (Å²) < 4.78 is 0. The highest BCUT2D eigenvalue weighted by Crippen LogP contribution is 2.34. The summed E-state index contributed by atoms with van der Waals surface area (Å²) in [6.07, 6.45) is 5.21. The number of thiophene rings is 1. The number of rotatable bonds is 4. The zero-order valence-electron chi connectivity index (χ0n) is 12.3. The topological polar surface area (TPSA) is 50.7 Å². The van der Waals surface area contributed by atoms with Gasteiger partial charge in [0, 0.05) is 23.8 Å². The lowest BCUT2D eigenvalue weighted by atomic mass is 10.2. The SMILES string of the molecule is c1ccc(-c2cc3c(NCc4ccncc4)ncnc3s2)cc1. The van der Waals surface area contributed by atoms with E-state index in [0.717, 1.165) is 16.0 Å². The minimum atomic E-state index is 0.713. The molecule has 3 heterocycles. The molecule has 0 aliphatic carbocycles. The maximum atomic E-state index is 4.40. The van der Waals surface area contributed by atoms with Gasteiger partial charge in [-0.2, -0.15) is 0 Å². The summed E-state index contributed by atoms with van der Waals surface area (Å²) in [4.78, 5) is 15.0. The summed E-state index contributed by atoms with van der Waals surface area (Å²) in [6, 6.07) is 16.5. The molecule has 0 aliphatic rings. The lowest BCUT2D eigenvalue weighted by Crippen LogP contribution is -2.01. The van der Waals surface area contributed by atoms with Crippen LogP contribution in [-0.4, -0.2) is 15.0 Å². The molecule has 1 N–H and O–H groups in total. The molecule has 0 atom stereocenters. The van der Waals surface area contributed by atoms with E-state index in [1.165, 1.54) is 16.0 Å². The quantitative estimate of drug-likeness (QED) is 0.607. The lowest BCUT2D eigenvalue weighted by Gasteiger charge is -2.05. The molecule has 0 fully saturated rings. The molecular weight excluding hydrogens is 304 g/mol. The number of benzene rings is 1. The number of hydrogen-bond acceptors (Lipinski definition) is 5. The second-order valence-electron chi connectivity index (χ2n) is 5.13. The van der Waals surface area contributed by atoms with Gasteiger partial charge in [-0.25, -0.2) is 9.97 Å². The van der Waals surface area contributed by atoms with Crippen molar-refractivity contribution in [2.75, 3.05) is 5.32 Å². The molecule has 5 heteroatoms. The Kier molecular flexibility index (Phi) is 3.70. The van der Waals surface area contributed by atoms with Crippen LogP contribution in [0.5, 0.6) is 0 Å². The Bertz CT molecular complexity index is 920. The van der Waals surface area contributed by atoms with Crippen LogP contribution >= 0.6 is 11.3 Å². The van der Waals surface area contributed by atoms with Crippen LogP contribution in [0.1, 0.15) is 5.56 Å². The minimum Gasteiger partial charge on any atom is -0.365 e. The highest BCUT2D eigenvalue weighted by molar-refractivity contribution is 7.21. The Labute approximate surface area is 137 Å². The van der Waals surface area contributed by atoms with Crippen molar-refractivity contribution in [3.8, 4) is 10.4 Å². The molecule has 3 aromatic heterocycles. The van der Waals surface area contributed by atoms with Crippen molar-refractivity contribution in [2.24, 2.45) is 0 Å². The zero-order chi connectivity index (χ0) is 15.5. The Morgan fingerprint density at radius 2 is 1.78 bits per heavy atom. The molecule has 4 aromatic rings. The van der Waals surface area contributed by atoms with Crippen LogP contribution < -0.4 is 5.32 Å². The van der Waals surface area contributed by atoms with Gasteiger partial charge in [-0.15, -0.1) is 11.3 Å². The second kappa shape index (κ2) is 6.14. The van der Waals surface area contributed by atoms with Gasteiger partial charge in [-0.1, -0.05) is 30.3 Å². The van der Waals surface area contributed by atoms with Crippen molar-refractivity contribution in [1.29, 1.82) is 0 Å². The Morgan fingerprint density at radius 1 is 0.957 bits per heavy atom. The molecule has 4 nitrogen and oxygen atoms in total. The van der Waals surface area contributed by atoms with Crippen LogP contribution in [0.25, 0.3) is 20.7 Å². The molecule has 1 aromatic carbocycles. The number of fused-ring (bicyclic) bond motifs is 1. The molecule has 0 bridgehead atoms. The van der Waals surface area contributed by atoms with Gasteiger partial charge < -0.3 is 5.32 Å². The normalized spacial score (nSPS) is 10.8. The fourth-order valence-corrected chi connectivity index (χ4v) is 3.43. The number of pyridine rings is 1. The smallest absolute Gasteiger partial charge is 0.138 e. The van der Waals surface area contributed by atoms with Crippen LogP contribution in [0.4, 0.5) is 5.82 Å². The number of hydrogen-bond donors (Lipinski definition) is 1. The van der Waals surface area contributed by atoms with Crippen LogP contribution in [-0.2, 0) is 6.54 Å². The van der Waals surface area contributed by atoms with Gasteiger partial charge in [0.05, 0.1) is 5.39 Å². The number of anilines is 1. The van der Waals surface area contributed by atoms with E-state index >= 15 is 0 Å². The maximum absolute atomic E-state index is 4.40. The van der Waals surface area contributed by atoms with Gasteiger partial charge >= 0.3 is 0 Å². The van der Waals surface area contributed by atoms with E-state index in [4.69, 9.17) is 0 Å². The molecule has 23 heavy (non-hydrogen) atoms. The molecule has 0 spiro atoms. The van der Waals surface area contributed by atoms with Crippen molar-refractivity contribution in [3.05, 3.63) is 72.8 Å². The molecule has 0 amide bonds. The standard InChI is InChI=1S/C18H14N4S/c1-2-4-14(5-3-1)16-10-15-17(21-12-22-18(15)23-16)20-11-13-6-8-19-9-7-13/h1-10,12H,11H2,(H,20,21,22). The van der Waals surface area contributed by atoms with E-state index in [0.29, 0.717) is 6.54 Å². The highest BCUT2D eigenvalue weighted by atomic mass is 32.1. The highest BCUT2D eigenvalue weighted by Gasteiger charge is 2.09. The van der Waals surface area contributed by atoms with E-state index in [-0.39, 0.29) is 0 Å². The molecule has 0 aliphatic heterocycles. The van der Waals surface area contributed by atoms with Crippen LogP contribution in [0.2, 0.25) is 0 Å². The van der Waals surface area contributed by atoms with Crippen molar-refractivity contribution in [1.82, 2.24) is 15.0 Å². The van der Waals surface area contributed by atoms with E-state index in [1.54, 1.807) is 30.1 Å². The van der Waals surface area contributed by atoms with Crippen LogP contribution in [0.3, 0.4) is 0 Å². The largest absolute Gasteiger partial charge is 0.365 e. The predicted molar refractivity (Wildman–Crippen MR) is 94.4 cm³/mol. The Balaban J connectivity index is 1.66. The van der Waals surface area contributed by atoms with Crippen molar-refractivity contribution in [3.63, 3.8) is 0 Å². The first-order chi connectivity index (χ1) is 11.4. The summed E-state index contributed by atoms with van der Waals surface area (Å²) in [5.74, 6) is 0.866. The third kappa shape index (κ3) is 2.91. The second-order valence-corrected chi connectivity index (χ2v) is 6.16. The third-order valence-electron chi connectivity index (χ3n) is 3.60. The van der Waals surface area contributed by atoms with E-state index in [1.807, 2.05) is 30.3 Å². The number of nitrogens with one attached hydrogen (secondary N) is 1. The summed E-state index contributed by atoms with van der Waals surface area (Å²) in [5, 5.41) is 4.46. The molecule has 112 valence electrons. The molecule has 0 unspecified atom stereocenters. The lowest BCUT2D eigenvalue weighted by molar-refractivity contribution is 1.09. The van der Waals surface area contributed by atoms with Gasteiger partial charge in [0.2, 0.25) is 0 Å². The average Bonchev–Trinajstić information content (AvgIpc) is 3.06. The van der Waals surface area contributed by atoms with E-state index < -0.39 is 0 Å². The molecule has 0 saturated heterocycles. The van der Waals surface area contributed by atoms with E-state index in [2.05, 4.69) is 38.5 Å². The fourth-order valence-electron chi connectivity index (χ4n) is 2.43. The first-order valence-corrected chi connectivity index (χ1v) is 8.14. The Morgan fingerprint density at radius 3 is 2.61 bits per heavy atom.